The van der Waals surface area contributed by atoms with Gasteiger partial charge in [0.05, 0.1) is 23.2 Å². The van der Waals surface area contributed by atoms with Crippen molar-refractivity contribution in [2.75, 3.05) is 39.1 Å². The second-order valence-electron chi connectivity index (χ2n) is 9.78. The normalized spacial score (nSPS) is 17.0. The van der Waals surface area contributed by atoms with Crippen LogP contribution in [0.5, 0.6) is 5.75 Å². The number of aromatic nitrogens is 1. The van der Waals surface area contributed by atoms with E-state index in [1.54, 1.807) is 25.3 Å². The first kappa shape index (κ1) is 28.9. The van der Waals surface area contributed by atoms with Gasteiger partial charge in [-0.15, -0.1) is 11.8 Å². The molecule has 10 heteroatoms. The summed E-state index contributed by atoms with van der Waals surface area (Å²) < 4.78 is 59.1. The number of nitrogens with zero attached hydrogens (tertiary/aromatic N) is 2. The molecule has 206 valence electrons. The number of likely N-dealkylation sites (tertiary alicyclic amines) is 1. The fourth-order valence-corrected chi connectivity index (χ4v) is 6.14. The molecule has 1 aliphatic heterocycles. The minimum absolute atomic E-state index is 0.00743. The van der Waals surface area contributed by atoms with E-state index in [0.29, 0.717) is 28.6 Å². The number of ether oxygens (including phenoxy) is 1. The summed E-state index contributed by atoms with van der Waals surface area (Å²) in [7, 11) is 1.55. The molecular formula is C28H31ClF4N2O2S. The van der Waals surface area contributed by atoms with Crippen molar-refractivity contribution in [2.45, 2.75) is 42.9 Å². The van der Waals surface area contributed by atoms with Gasteiger partial charge >= 0.3 is 6.18 Å². The second kappa shape index (κ2) is 12.4. The molecule has 0 radical (unpaired) electrons. The zero-order valence-electron chi connectivity index (χ0n) is 21.1. The summed E-state index contributed by atoms with van der Waals surface area (Å²) >= 11 is 7.89. The van der Waals surface area contributed by atoms with Crippen molar-refractivity contribution in [3.8, 4) is 5.75 Å². The highest BCUT2D eigenvalue weighted by Gasteiger charge is 2.35. The van der Waals surface area contributed by atoms with Crippen molar-refractivity contribution >= 4 is 34.3 Å². The molecule has 38 heavy (non-hydrogen) atoms. The molecule has 0 saturated carbocycles. The molecule has 2 heterocycles. The lowest BCUT2D eigenvalue weighted by Crippen LogP contribution is -2.42. The summed E-state index contributed by atoms with van der Waals surface area (Å²) in [6.07, 6.45) is -1.89. The number of hydrogen-bond donors (Lipinski definition) is 1. The average molecular weight is 571 g/mol. The number of hydrogen-bond acceptors (Lipinski definition) is 5. The Hall–Kier alpha value is -2.07. The van der Waals surface area contributed by atoms with E-state index in [2.05, 4.69) is 9.88 Å². The van der Waals surface area contributed by atoms with Crippen LogP contribution in [0.4, 0.5) is 17.6 Å². The number of thioether (sulfide) groups is 1. The number of methoxy groups -OCH3 is 1. The van der Waals surface area contributed by atoms with Gasteiger partial charge in [0.25, 0.3) is 0 Å². The Balaban J connectivity index is 1.30. The van der Waals surface area contributed by atoms with E-state index in [1.165, 1.54) is 30.1 Å². The molecule has 4 rings (SSSR count). The van der Waals surface area contributed by atoms with Gasteiger partial charge in [0.15, 0.2) is 0 Å². The predicted molar refractivity (Wildman–Crippen MR) is 144 cm³/mol. The van der Waals surface area contributed by atoms with Gasteiger partial charge in [0.1, 0.15) is 11.9 Å². The molecule has 4 nitrogen and oxygen atoms in total. The Morgan fingerprint density at radius 1 is 1.16 bits per heavy atom. The Bertz CT molecular complexity index is 1220. The van der Waals surface area contributed by atoms with E-state index in [9.17, 15) is 18.3 Å². The highest BCUT2D eigenvalue weighted by atomic mass is 35.5. The number of pyridine rings is 1. The number of aliphatic hydroxyl groups excluding tert-OH is 1. The molecule has 0 bridgehead atoms. The molecule has 0 aliphatic carbocycles. The number of aliphatic hydroxyl groups is 1. The number of alkyl halides is 4. The monoisotopic (exact) mass is 570 g/mol. The number of fused-ring (bicyclic) bond motifs is 1. The van der Waals surface area contributed by atoms with Crippen molar-refractivity contribution in [2.24, 2.45) is 5.41 Å². The molecular weight excluding hydrogens is 540 g/mol. The van der Waals surface area contributed by atoms with Crippen LogP contribution < -0.4 is 4.74 Å². The van der Waals surface area contributed by atoms with Crippen LogP contribution in [-0.4, -0.2) is 54.1 Å². The van der Waals surface area contributed by atoms with Crippen LogP contribution in [0, 0.1) is 5.41 Å². The third kappa shape index (κ3) is 6.92. The molecule has 1 saturated heterocycles. The van der Waals surface area contributed by atoms with Crippen LogP contribution in [0.3, 0.4) is 0 Å². The summed E-state index contributed by atoms with van der Waals surface area (Å²) in [6.45, 7) is 2.34. The lowest BCUT2D eigenvalue weighted by Gasteiger charge is -2.41. The van der Waals surface area contributed by atoms with Crippen LogP contribution in [0.15, 0.2) is 53.6 Å². The molecule has 1 atom stereocenters. The summed E-state index contributed by atoms with van der Waals surface area (Å²) in [6, 6.07) is 10.5. The van der Waals surface area contributed by atoms with Gasteiger partial charge < -0.3 is 14.7 Å². The van der Waals surface area contributed by atoms with Crippen molar-refractivity contribution < 1.29 is 27.4 Å². The van der Waals surface area contributed by atoms with Crippen LogP contribution in [0.1, 0.15) is 43.0 Å². The van der Waals surface area contributed by atoms with Crippen molar-refractivity contribution in [1.82, 2.24) is 9.88 Å². The molecule has 0 spiro atoms. The fourth-order valence-electron chi connectivity index (χ4n) is 4.96. The minimum atomic E-state index is -4.33. The summed E-state index contributed by atoms with van der Waals surface area (Å²) in [4.78, 5) is 7.39. The van der Waals surface area contributed by atoms with E-state index >= 15 is 4.39 Å². The van der Waals surface area contributed by atoms with Crippen molar-refractivity contribution in [1.29, 1.82) is 0 Å². The van der Waals surface area contributed by atoms with Gasteiger partial charge in [0, 0.05) is 40.9 Å². The van der Waals surface area contributed by atoms with E-state index in [1.807, 2.05) is 0 Å². The van der Waals surface area contributed by atoms with Gasteiger partial charge in [-0.05, 0) is 86.7 Å². The predicted octanol–water partition coefficient (Wildman–Crippen LogP) is 7.57. The van der Waals surface area contributed by atoms with Gasteiger partial charge in [-0.3, -0.25) is 4.98 Å². The van der Waals surface area contributed by atoms with Crippen LogP contribution in [0.2, 0.25) is 5.02 Å². The molecule has 1 fully saturated rings. The first-order valence-electron chi connectivity index (χ1n) is 12.5. The minimum Gasteiger partial charge on any atom is -0.497 e. The van der Waals surface area contributed by atoms with E-state index < -0.39 is 17.9 Å². The zero-order chi connectivity index (χ0) is 27.3. The molecule has 1 N–H and O–H groups in total. The first-order chi connectivity index (χ1) is 18.1. The molecule has 1 aliphatic rings. The van der Waals surface area contributed by atoms with Gasteiger partial charge in [-0.1, -0.05) is 11.6 Å². The summed E-state index contributed by atoms with van der Waals surface area (Å²) in [5.74, 6) is 1.35. The summed E-state index contributed by atoms with van der Waals surface area (Å²) in [5, 5.41) is 11.1. The van der Waals surface area contributed by atoms with Gasteiger partial charge in [0.2, 0.25) is 0 Å². The zero-order valence-corrected chi connectivity index (χ0v) is 22.7. The highest BCUT2D eigenvalue weighted by molar-refractivity contribution is 7.99. The van der Waals surface area contributed by atoms with Crippen molar-refractivity contribution in [3.05, 3.63) is 64.8 Å². The Labute approximate surface area is 229 Å². The van der Waals surface area contributed by atoms with E-state index in [4.69, 9.17) is 16.3 Å². The quantitative estimate of drug-likeness (QED) is 0.201. The molecule has 0 amide bonds. The Morgan fingerprint density at radius 2 is 1.87 bits per heavy atom. The first-order valence-corrected chi connectivity index (χ1v) is 13.9. The number of piperidine rings is 1. The maximum Gasteiger partial charge on any atom is 0.416 e. The number of benzene rings is 2. The Kier molecular flexibility index (Phi) is 9.44. The maximum atomic E-state index is 15.6. The third-order valence-electron chi connectivity index (χ3n) is 7.42. The largest absolute Gasteiger partial charge is 0.497 e. The number of halogens is 5. The lowest BCUT2D eigenvalue weighted by molar-refractivity contribution is -0.137. The molecule has 2 aromatic carbocycles. The number of rotatable bonds is 10. The van der Waals surface area contributed by atoms with Crippen LogP contribution in [-0.2, 0) is 6.18 Å². The summed E-state index contributed by atoms with van der Waals surface area (Å²) in [5.41, 5.74) is 0.0513. The Morgan fingerprint density at radius 3 is 2.50 bits per heavy atom. The van der Waals surface area contributed by atoms with Crippen molar-refractivity contribution in [3.63, 3.8) is 0 Å². The standard InChI is InChI=1S/C28H31ClF4N2O2S/c1-37-20-4-7-25-22(16-20)26(23(29)17-34-25)24(30)8-9-27(18-36)10-12-35(13-11-27)14-15-38-21-5-2-19(3-6-21)28(31,32)33/h2-7,16-17,24,36H,8-15,18H2,1H3/t24-/m0/s1. The van der Waals surface area contributed by atoms with Gasteiger partial charge in [-0.2, -0.15) is 13.2 Å². The molecule has 3 aromatic rings. The third-order valence-corrected chi connectivity index (χ3v) is 8.71. The maximum absolute atomic E-state index is 15.6. The van der Waals surface area contributed by atoms with E-state index in [0.717, 1.165) is 55.3 Å². The second-order valence-corrected chi connectivity index (χ2v) is 11.4. The van der Waals surface area contributed by atoms with Crippen LogP contribution >= 0.6 is 23.4 Å². The smallest absolute Gasteiger partial charge is 0.416 e. The lowest BCUT2D eigenvalue weighted by atomic mass is 9.74. The highest BCUT2D eigenvalue weighted by Crippen LogP contribution is 2.42. The van der Waals surface area contributed by atoms with Crippen LogP contribution in [0.25, 0.3) is 10.9 Å². The SMILES string of the molecule is COc1ccc2ncc(Cl)c([C@@H](F)CCC3(CO)CCN(CCSc4ccc(C(F)(F)F)cc4)CC3)c2c1. The van der Waals surface area contributed by atoms with E-state index in [-0.39, 0.29) is 23.5 Å². The van der Waals surface area contributed by atoms with Gasteiger partial charge in [-0.25, -0.2) is 4.39 Å². The topological polar surface area (TPSA) is 45.6 Å². The molecule has 0 unspecified atom stereocenters. The molecule has 1 aromatic heterocycles. The average Bonchev–Trinajstić information content (AvgIpc) is 2.92. The fraction of sp³-hybridized carbons (Fsp3) is 0.464.